The first-order chi connectivity index (χ1) is 9.06. The Bertz CT molecular complexity index is 576. The first-order valence-electron chi connectivity index (χ1n) is 5.76. The molecule has 2 atom stereocenters. The Kier molecular flexibility index (Phi) is 3.84. The Labute approximate surface area is 116 Å². The van der Waals surface area contributed by atoms with E-state index >= 15 is 0 Å². The highest BCUT2D eigenvalue weighted by atomic mass is 35.5. The fraction of sp³-hybridized carbons (Fsp3) is 0.308. The quantitative estimate of drug-likeness (QED) is 0.926. The van der Waals surface area contributed by atoms with Gasteiger partial charge in [0.15, 0.2) is 0 Å². The molecule has 1 heterocycles. The topological polar surface area (TPSA) is 74.7 Å². The van der Waals surface area contributed by atoms with Crippen LogP contribution in [0.3, 0.4) is 0 Å². The van der Waals surface area contributed by atoms with E-state index in [-0.39, 0.29) is 6.54 Å². The second-order valence-corrected chi connectivity index (χ2v) is 4.81. The van der Waals surface area contributed by atoms with Crippen molar-refractivity contribution in [2.24, 2.45) is 5.92 Å². The molecule has 98 valence electrons. The Morgan fingerprint density at radius 3 is 2.68 bits per heavy atom. The van der Waals surface area contributed by atoms with Crippen molar-refractivity contribution in [3.63, 3.8) is 0 Å². The molecule has 0 radical (unpaired) electrons. The molecule has 0 aliphatic carbocycles. The smallest absolute Gasteiger partial charge is 0.137 e. The lowest BCUT2D eigenvalue weighted by molar-refractivity contribution is -0.0166. The summed E-state index contributed by atoms with van der Waals surface area (Å²) in [4.78, 5) is 3.84. The average Bonchev–Trinajstić information content (AvgIpc) is 2.91. The van der Waals surface area contributed by atoms with Gasteiger partial charge in [-0.05, 0) is 24.6 Å². The number of hydrogen-bond acceptors (Lipinski definition) is 4. The maximum absolute atomic E-state index is 10.9. The molecule has 6 heteroatoms. The zero-order chi connectivity index (χ0) is 13.9. The van der Waals surface area contributed by atoms with E-state index in [1.807, 2.05) is 0 Å². The number of hydrogen-bond donors (Lipinski definition) is 1. The molecular weight excluding hydrogens is 264 g/mol. The Morgan fingerprint density at radius 2 is 2.16 bits per heavy atom. The van der Waals surface area contributed by atoms with Crippen LogP contribution in [0.4, 0.5) is 0 Å². The summed E-state index contributed by atoms with van der Waals surface area (Å²) in [6.45, 7) is 1.83. The van der Waals surface area contributed by atoms with Crippen molar-refractivity contribution in [3.8, 4) is 6.07 Å². The minimum Gasteiger partial charge on any atom is -0.382 e. The molecule has 0 amide bonds. The van der Waals surface area contributed by atoms with Crippen LogP contribution in [0, 0.1) is 17.2 Å². The van der Waals surface area contributed by atoms with Gasteiger partial charge in [0, 0.05) is 5.02 Å². The van der Waals surface area contributed by atoms with Gasteiger partial charge in [-0.3, -0.25) is 0 Å². The van der Waals surface area contributed by atoms with Gasteiger partial charge >= 0.3 is 0 Å². The highest BCUT2D eigenvalue weighted by Crippen LogP contribution is 2.31. The molecule has 2 unspecified atom stereocenters. The molecule has 0 saturated carbocycles. The molecule has 1 N–H and O–H groups in total. The SMILES string of the molecule is CC(C#N)C(O)(Cn1cncn1)c1ccc(Cl)cc1. The number of nitriles is 1. The highest BCUT2D eigenvalue weighted by Gasteiger charge is 2.36. The molecule has 0 bridgehead atoms. The van der Waals surface area contributed by atoms with Crippen molar-refractivity contribution in [2.75, 3.05) is 0 Å². The molecule has 0 aliphatic rings. The molecular formula is C13H13ClN4O. The normalized spacial score (nSPS) is 15.5. The summed E-state index contributed by atoms with van der Waals surface area (Å²) in [6, 6.07) is 8.89. The standard InChI is InChI=1S/C13H13ClN4O/c1-10(6-15)13(19,7-18-9-16-8-17-18)11-2-4-12(14)5-3-11/h2-5,8-10,19H,7H2,1H3. The van der Waals surface area contributed by atoms with E-state index in [1.54, 1.807) is 31.2 Å². The molecule has 1 aromatic carbocycles. The lowest BCUT2D eigenvalue weighted by Crippen LogP contribution is -2.37. The monoisotopic (exact) mass is 276 g/mol. The van der Waals surface area contributed by atoms with E-state index in [4.69, 9.17) is 16.9 Å². The third-order valence-electron chi connectivity index (χ3n) is 3.12. The van der Waals surface area contributed by atoms with Crippen LogP contribution in [0.25, 0.3) is 0 Å². The van der Waals surface area contributed by atoms with Gasteiger partial charge in [0.2, 0.25) is 0 Å². The van der Waals surface area contributed by atoms with Gasteiger partial charge in [-0.15, -0.1) is 0 Å². The molecule has 0 saturated heterocycles. The number of aromatic nitrogens is 3. The predicted molar refractivity (Wildman–Crippen MR) is 70.1 cm³/mol. The maximum Gasteiger partial charge on any atom is 0.137 e. The van der Waals surface area contributed by atoms with Crippen molar-refractivity contribution in [1.82, 2.24) is 14.8 Å². The minimum atomic E-state index is -1.34. The second-order valence-electron chi connectivity index (χ2n) is 4.37. The van der Waals surface area contributed by atoms with Gasteiger partial charge in [-0.1, -0.05) is 23.7 Å². The van der Waals surface area contributed by atoms with Gasteiger partial charge in [0.1, 0.15) is 18.3 Å². The van der Waals surface area contributed by atoms with Crippen molar-refractivity contribution in [1.29, 1.82) is 5.26 Å². The van der Waals surface area contributed by atoms with Crippen molar-refractivity contribution >= 4 is 11.6 Å². The van der Waals surface area contributed by atoms with E-state index in [0.717, 1.165) is 0 Å². The van der Waals surface area contributed by atoms with E-state index in [0.29, 0.717) is 10.6 Å². The Morgan fingerprint density at radius 1 is 1.47 bits per heavy atom. The number of rotatable bonds is 4. The van der Waals surface area contributed by atoms with Crippen LogP contribution >= 0.6 is 11.6 Å². The molecule has 0 aliphatic heterocycles. The molecule has 0 spiro atoms. The number of nitrogens with zero attached hydrogens (tertiary/aromatic N) is 4. The molecule has 1 aromatic heterocycles. The number of aliphatic hydroxyl groups is 1. The fourth-order valence-corrected chi connectivity index (χ4v) is 2.01. The third-order valence-corrected chi connectivity index (χ3v) is 3.38. The minimum absolute atomic E-state index is 0.156. The summed E-state index contributed by atoms with van der Waals surface area (Å²) in [5.74, 6) is -0.599. The molecule has 2 rings (SSSR count). The Balaban J connectivity index is 2.40. The number of benzene rings is 1. The first-order valence-corrected chi connectivity index (χ1v) is 6.14. The van der Waals surface area contributed by atoms with Gasteiger partial charge in [-0.2, -0.15) is 10.4 Å². The maximum atomic E-state index is 10.9. The van der Waals surface area contributed by atoms with Gasteiger partial charge in [0.05, 0.1) is 18.5 Å². The summed E-state index contributed by atoms with van der Waals surface area (Å²) < 4.78 is 1.50. The summed E-state index contributed by atoms with van der Waals surface area (Å²) >= 11 is 5.84. The lowest BCUT2D eigenvalue weighted by Gasteiger charge is -2.30. The molecule has 2 aromatic rings. The van der Waals surface area contributed by atoms with E-state index < -0.39 is 11.5 Å². The highest BCUT2D eigenvalue weighted by molar-refractivity contribution is 6.30. The average molecular weight is 277 g/mol. The van der Waals surface area contributed by atoms with Crippen LogP contribution in [0.5, 0.6) is 0 Å². The summed E-state index contributed by atoms with van der Waals surface area (Å²) in [7, 11) is 0. The first kappa shape index (κ1) is 13.5. The van der Waals surface area contributed by atoms with Gasteiger partial charge < -0.3 is 5.11 Å². The zero-order valence-corrected chi connectivity index (χ0v) is 11.1. The van der Waals surface area contributed by atoms with Gasteiger partial charge in [-0.25, -0.2) is 9.67 Å². The largest absolute Gasteiger partial charge is 0.382 e. The molecule has 0 fully saturated rings. The summed E-state index contributed by atoms with van der Waals surface area (Å²) in [6.07, 6.45) is 2.89. The second kappa shape index (κ2) is 5.39. The van der Waals surface area contributed by atoms with Crippen LogP contribution in [0.2, 0.25) is 5.02 Å². The van der Waals surface area contributed by atoms with E-state index in [1.165, 1.54) is 17.3 Å². The third kappa shape index (κ3) is 2.75. The van der Waals surface area contributed by atoms with Crippen LogP contribution in [-0.2, 0) is 12.1 Å². The van der Waals surface area contributed by atoms with Crippen LogP contribution in [-0.4, -0.2) is 19.9 Å². The summed E-state index contributed by atoms with van der Waals surface area (Å²) in [5.41, 5.74) is -0.714. The van der Waals surface area contributed by atoms with Crippen LogP contribution < -0.4 is 0 Å². The molecule has 5 nitrogen and oxygen atoms in total. The number of halogens is 1. The van der Waals surface area contributed by atoms with Crippen molar-refractivity contribution < 1.29 is 5.11 Å². The predicted octanol–water partition coefficient (Wildman–Crippen LogP) is 1.98. The fourth-order valence-electron chi connectivity index (χ4n) is 1.88. The zero-order valence-electron chi connectivity index (χ0n) is 10.4. The van der Waals surface area contributed by atoms with E-state index in [9.17, 15) is 5.11 Å². The van der Waals surface area contributed by atoms with Crippen LogP contribution in [0.1, 0.15) is 12.5 Å². The van der Waals surface area contributed by atoms with Crippen LogP contribution in [0.15, 0.2) is 36.9 Å². The Hall–Kier alpha value is -1.90. The van der Waals surface area contributed by atoms with Crippen molar-refractivity contribution in [2.45, 2.75) is 19.1 Å². The molecule has 19 heavy (non-hydrogen) atoms. The summed E-state index contributed by atoms with van der Waals surface area (Å²) in [5, 5.41) is 24.5. The van der Waals surface area contributed by atoms with Crippen molar-refractivity contribution in [3.05, 3.63) is 47.5 Å². The van der Waals surface area contributed by atoms with E-state index in [2.05, 4.69) is 16.2 Å². The van der Waals surface area contributed by atoms with Gasteiger partial charge in [0.25, 0.3) is 0 Å². The lowest BCUT2D eigenvalue weighted by atomic mass is 9.83.